The first-order valence-electron chi connectivity index (χ1n) is 10.1. The molecule has 0 aliphatic heterocycles. The Bertz CT molecular complexity index is 866. The van der Waals surface area contributed by atoms with Gasteiger partial charge < -0.3 is 10.6 Å². The van der Waals surface area contributed by atoms with Crippen molar-refractivity contribution in [2.75, 3.05) is 17.6 Å². The fourth-order valence-corrected chi connectivity index (χ4v) is 4.41. The minimum atomic E-state index is -0.467. The molecule has 0 radical (unpaired) electrons. The summed E-state index contributed by atoms with van der Waals surface area (Å²) in [5.41, 5.74) is 1.36. The van der Waals surface area contributed by atoms with Gasteiger partial charge in [0, 0.05) is 11.4 Å². The first-order chi connectivity index (χ1) is 14.0. The number of thioether (sulfide) groups is 1. The average molecular weight is 415 g/mol. The SMILES string of the molecule is Cc1ccc(NC(=O)c2ccccc2SCC(=O)NCC2CCCCC2)c(F)c1. The number of rotatable bonds is 7. The van der Waals surface area contributed by atoms with Crippen molar-refractivity contribution in [3.8, 4) is 0 Å². The van der Waals surface area contributed by atoms with E-state index in [0.29, 0.717) is 16.4 Å². The van der Waals surface area contributed by atoms with Crippen molar-refractivity contribution in [2.45, 2.75) is 43.9 Å². The Morgan fingerprint density at radius 2 is 1.86 bits per heavy atom. The Kier molecular flexibility index (Phi) is 7.69. The van der Waals surface area contributed by atoms with Crippen LogP contribution in [0.5, 0.6) is 0 Å². The summed E-state index contributed by atoms with van der Waals surface area (Å²) in [6.45, 7) is 2.52. The topological polar surface area (TPSA) is 58.2 Å². The molecule has 2 amide bonds. The largest absolute Gasteiger partial charge is 0.355 e. The lowest BCUT2D eigenvalue weighted by Crippen LogP contribution is -2.31. The molecule has 0 unspecified atom stereocenters. The van der Waals surface area contributed by atoms with E-state index in [2.05, 4.69) is 10.6 Å². The lowest BCUT2D eigenvalue weighted by molar-refractivity contribution is -0.118. The molecule has 0 atom stereocenters. The fourth-order valence-electron chi connectivity index (χ4n) is 3.54. The smallest absolute Gasteiger partial charge is 0.256 e. The Morgan fingerprint density at radius 1 is 1.10 bits per heavy atom. The Hall–Kier alpha value is -2.34. The zero-order valence-electron chi connectivity index (χ0n) is 16.7. The molecule has 0 heterocycles. The molecule has 0 bridgehead atoms. The first kappa shape index (κ1) is 21.4. The van der Waals surface area contributed by atoms with Gasteiger partial charge in [0.1, 0.15) is 5.82 Å². The van der Waals surface area contributed by atoms with Gasteiger partial charge in [-0.3, -0.25) is 9.59 Å². The molecule has 29 heavy (non-hydrogen) atoms. The number of amides is 2. The number of halogens is 1. The van der Waals surface area contributed by atoms with E-state index in [0.717, 1.165) is 12.1 Å². The minimum absolute atomic E-state index is 0.0274. The second kappa shape index (κ2) is 10.4. The lowest BCUT2D eigenvalue weighted by Gasteiger charge is -2.21. The van der Waals surface area contributed by atoms with Gasteiger partial charge in [-0.05, 0) is 55.5 Å². The van der Waals surface area contributed by atoms with Crippen LogP contribution >= 0.6 is 11.8 Å². The second-order valence-corrected chi connectivity index (χ2v) is 8.55. The highest BCUT2D eigenvalue weighted by molar-refractivity contribution is 8.00. The molecule has 6 heteroatoms. The molecular weight excluding hydrogens is 387 g/mol. The Morgan fingerprint density at radius 3 is 2.62 bits per heavy atom. The van der Waals surface area contributed by atoms with Crippen LogP contribution in [0.1, 0.15) is 48.0 Å². The van der Waals surface area contributed by atoms with Gasteiger partial charge in [0.2, 0.25) is 5.91 Å². The minimum Gasteiger partial charge on any atom is -0.355 e. The van der Waals surface area contributed by atoms with Gasteiger partial charge in [0.15, 0.2) is 0 Å². The maximum atomic E-state index is 14.0. The van der Waals surface area contributed by atoms with Gasteiger partial charge in [-0.2, -0.15) is 0 Å². The quantitative estimate of drug-likeness (QED) is 0.614. The van der Waals surface area contributed by atoms with Gasteiger partial charge in [0.25, 0.3) is 5.91 Å². The summed E-state index contributed by atoms with van der Waals surface area (Å²) in [5, 5.41) is 5.64. The molecule has 1 saturated carbocycles. The van der Waals surface area contributed by atoms with Crippen molar-refractivity contribution in [1.29, 1.82) is 0 Å². The highest BCUT2D eigenvalue weighted by atomic mass is 32.2. The van der Waals surface area contributed by atoms with Gasteiger partial charge in [-0.1, -0.05) is 37.5 Å². The van der Waals surface area contributed by atoms with E-state index in [9.17, 15) is 14.0 Å². The monoisotopic (exact) mass is 414 g/mol. The summed E-state index contributed by atoms with van der Waals surface area (Å²) in [5.74, 6) is -0.0554. The number of nitrogens with one attached hydrogen (secondary N) is 2. The van der Waals surface area contributed by atoms with Crippen molar-refractivity contribution in [2.24, 2.45) is 5.92 Å². The fraction of sp³-hybridized carbons (Fsp3) is 0.391. The second-order valence-electron chi connectivity index (χ2n) is 7.53. The molecule has 0 aromatic heterocycles. The first-order valence-corrected chi connectivity index (χ1v) is 11.1. The summed E-state index contributed by atoms with van der Waals surface area (Å²) in [6.07, 6.45) is 6.17. The Balaban J connectivity index is 1.56. The van der Waals surface area contributed by atoms with Crippen molar-refractivity contribution < 1.29 is 14.0 Å². The van der Waals surface area contributed by atoms with E-state index in [1.807, 2.05) is 6.07 Å². The van der Waals surface area contributed by atoms with Gasteiger partial charge in [-0.15, -0.1) is 11.8 Å². The van der Waals surface area contributed by atoms with Gasteiger partial charge >= 0.3 is 0 Å². The van der Waals surface area contributed by atoms with E-state index in [1.54, 1.807) is 37.3 Å². The predicted molar refractivity (Wildman–Crippen MR) is 116 cm³/mol. The highest BCUT2D eigenvalue weighted by Crippen LogP contribution is 2.25. The molecule has 1 aliphatic rings. The number of carbonyl (C=O) groups excluding carboxylic acids is 2. The molecule has 1 fully saturated rings. The third-order valence-electron chi connectivity index (χ3n) is 5.18. The third-order valence-corrected chi connectivity index (χ3v) is 6.25. The summed E-state index contributed by atoms with van der Waals surface area (Å²) in [7, 11) is 0. The number of carbonyl (C=O) groups is 2. The van der Waals surface area contributed by atoms with Crippen LogP contribution < -0.4 is 10.6 Å². The van der Waals surface area contributed by atoms with Crippen LogP contribution in [0.25, 0.3) is 0 Å². The normalized spacial score (nSPS) is 14.4. The summed E-state index contributed by atoms with van der Waals surface area (Å²) in [4.78, 5) is 25.6. The Labute approximate surface area is 175 Å². The molecular formula is C23H27FN2O2S. The molecule has 2 N–H and O–H groups in total. The van der Waals surface area contributed by atoms with Gasteiger partial charge in [-0.25, -0.2) is 4.39 Å². The number of benzene rings is 2. The standard InChI is InChI=1S/C23H27FN2O2S/c1-16-11-12-20(19(24)13-16)26-23(28)18-9-5-6-10-21(18)29-15-22(27)25-14-17-7-3-2-4-8-17/h5-6,9-13,17H,2-4,7-8,14-15H2,1H3,(H,25,27)(H,26,28). The maximum absolute atomic E-state index is 14.0. The van der Waals surface area contributed by atoms with Crippen LogP contribution in [-0.4, -0.2) is 24.1 Å². The third kappa shape index (κ3) is 6.32. The van der Waals surface area contributed by atoms with E-state index in [1.165, 1.54) is 49.9 Å². The molecule has 154 valence electrons. The molecule has 0 spiro atoms. The van der Waals surface area contributed by atoms with Gasteiger partial charge in [0.05, 0.1) is 17.0 Å². The van der Waals surface area contributed by atoms with E-state index in [4.69, 9.17) is 0 Å². The maximum Gasteiger partial charge on any atom is 0.256 e. The van der Waals surface area contributed by atoms with E-state index >= 15 is 0 Å². The van der Waals surface area contributed by atoms with Crippen LogP contribution in [0, 0.1) is 18.7 Å². The van der Waals surface area contributed by atoms with E-state index < -0.39 is 11.7 Å². The molecule has 3 rings (SSSR count). The number of aryl methyl sites for hydroxylation is 1. The van der Waals surface area contributed by atoms with Crippen LogP contribution in [0.4, 0.5) is 10.1 Å². The highest BCUT2D eigenvalue weighted by Gasteiger charge is 2.16. The molecule has 4 nitrogen and oxygen atoms in total. The summed E-state index contributed by atoms with van der Waals surface area (Å²) < 4.78 is 14.0. The van der Waals surface area contributed by atoms with Crippen LogP contribution in [0.15, 0.2) is 47.4 Å². The van der Waals surface area contributed by atoms with Crippen molar-refractivity contribution in [3.63, 3.8) is 0 Å². The van der Waals surface area contributed by atoms with Crippen LogP contribution in [0.3, 0.4) is 0 Å². The zero-order chi connectivity index (χ0) is 20.6. The van der Waals surface area contributed by atoms with Crippen LogP contribution in [-0.2, 0) is 4.79 Å². The molecule has 1 aliphatic carbocycles. The average Bonchev–Trinajstić information content (AvgIpc) is 2.73. The number of anilines is 1. The molecule has 2 aromatic carbocycles. The van der Waals surface area contributed by atoms with E-state index in [-0.39, 0.29) is 17.3 Å². The summed E-state index contributed by atoms with van der Waals surface area (Å²) in [6, 6.07) is 11.8. The number of hydrogen-bond donors (Lipinski definition) is 2. The molecule has 0 saturated heterocycles. The van der Waals surface area contributed by atoms with Crippen LogP contribution in [0.2, 0.25) is 0 Å². The van der Waals surface area contributed by atoms with Crippen molar-refractivity contribution >= 4 is 29.3 Å². The number of hydrogen-bond acceptors (Lipinski definition) is 3. The summed E-state index contributed by atoms with van der Waals surface area (Å²) >= 11 is 1.32. The lowest BCUT2D eigenvalue weighted by atomic mass is 9.89. The van der Waals surface area contributed by atoms with Crippen molar-refractivity contribution in [3.05, 3.63) is 59.4 Å². The predicted octanol–water partition coefficient (Wildman–Crippen LogP) is 5.18. The van der Waals surface area contributed by atoms with Crippen molar-refractivity contribution in [1.82, 2.24) is 5.32 Å². The zero-order valence-corrected chi connectivity index (χ0v) is 17.5. The molecule has 2 aromatic rings.